The summed E-state index contributed by atoms with van der Waals surface area (Å²) in [6, 6.07) is 27.0. The van der Waals surface area contributed by atoms with Gasteiger partial charge in [0, 0.05) is 5.02 Å². The molecule has 0 unspecified atom stereocenters. The topological polar surface area (TPSA) is 93.7 Å². The van der Waals surface area contributed by atoms with E-state index < -0.39 is 15.9 Å². The monoisotopic (exact) mass is 522 g/mol. The molecule has 0 aliphatic heterocycles. The fourth-order valence-corrected chi connectivity index (χ4v) is 4.55. The van der Waals surface area contributed by atoms with E-state index in [1.54, 1.807) is 42.5 Å². The third-order valence-corrected chi connectivity index (χ3v) is 6.70. The van der Waals surface area contributed by atoms with Crippen LogP contribution in [0.25, 0.3) is 0 Å². The van der Waals surface area contributed by atoms with Gasteiger partial charge in [-0.15, -0.1) is 0 Å². The number of anilines is 2. The molecule has 0 saturated carbocycles. The van der Waals surface area contributed by atoms with Crippen molar-refractivity contribution in [3.63, 3.8) is 0 Å². The van der Waals surface area contributed by atoms with E-state index in [4.69, 9.17) is 21.1 Å². The summed E-state index contributed by atoms with van der Waals surface area (Å²) in [5, 5.41) is 3.16. The van der Waals surface area contributed by atoms with Gasteiger partial charge in [-0.3, -0.25) is 9.52 Å². The second kappa shape index (κ2) is 11.2. The van der Waals surface area contributed by atoms with Gasteiger partial charge in [0.05, 0.1) is 16.3 Å². The SMILES string of the molecule is Cc1ccccc1NS(=O)(=O)c1ccc(OCC(=O)Nc2cc(Cl)ccc2Oc2ccccc2)cc1. The van der Waals surface area contributed by atoms with Crippen molar-refractivity contribution in [2.75, 3.05) is 16.6 Å². The van der Waals surface area contributed by atoms with Gasteiger partial charge in [-0.1, -0.05) is 48.0 Å². The number of hydrogen-bond donors (Lipinski definition) is 2. The number of nitrogens with one attached hydrogen (secondary N) is 2. The zero-order valence-electron chi connectivity index (χ0n) is 19.3. The molecule has 0 spiro atoms. The number of carbonyl (C=O) groups is 1. The molecule has 0 aromatic heterocycles. The lowest BCUT2D eigenvalue weighted by atomic mass is 10.2. The first kappa shape index (κ1) is 25.1. The molecule has 0 aliphatic rings. The summed E-state index contributed by atoms with van der Waals surface area (Å²) >= 11 is 6.10. The summed E-state index contributed by atoms with van der Waals surface area (Å²) in [6.07, 6.45) is 0. The number of carbonyl (C=O) groups excluding carboxylic acids is 1. The number of para-hydroxylation sites is 2. The highest BCUT2D eigenvalue weighted by atomic mass is 35.5. The quantitative estimate of drug-likeness (QED) is 0.270. The summed E-state index contributed by atoms with van der Waals surface area (Å²) < 4.78 is 39.3. The minimum Gasteiger partial charge on any atom is -0.484 e. The standard InChI is InChI=1S/C27H23ClN2O5S/c1-19-7-5-6-10-24(19)30-36(32,33)23-14-12-21(13-15-23)34-18-27(31)29-25-17-20(28)11-16-26(25)35-22-8-3-2-4-9-22/h2-17,30H,18H2,1H3,(H,29,31). The zero-order chi connectivity index (χ0) is 25.5. The van der Waals surface area contributed by atoms with Crippen LogP contribution in [0.2, 0.25) is 5.02 Å². The smallest absolute Gasteiger partial charge is 0.262 e. The van der Waals surface area contributed by atoms with Crippen molar-refractivity contribution in [2.45, 2.75) is 11.8 Å². The predicted octanol–water partition coefficient (Wildman–Crippen LogP) is 6.26. The lowest BCUT2D eigenvalue weighted by Gasteiger charge is -2.13. The van der Waals surface area contributed by atoms with Gasteiger partial charge in [-0.2, -0.15) is 0 Å². The molecular formula is C27H23ClN2O5S. The second-order valence-electron chi connectivity index (χ2n) is 7.78. The first-order valence-electron chi connectivity index (χ1n) is 10.9. The van der Waals surface area contributed by atoms with E-state index in [-0.39, 0.29) is 11.5 Å². The van der Waals surface area contributed by atoms with Gasteiger partial charge >= 0.3 is 0 Å². The Morgan fingerprint density at radius 1 is 0.833 bits per heavy atom. The third-order valence-electron chi connectivity index (χ3n) is 5.08. The summed E-state index contributed by atoms with van der Waals surface area (Å²) in [4.78, 5) is 12.6. The molecule has 9 heteroatoms. The van der Waals surface area contributed by atoms with Gasteiger partial charge in [0.1, 0.15) is 11.5 Å². The second-order valence-corrected chi connectivity index (χ2v) is 9.90. The summed E-state index contributed by atoms with van der Waals surface area (Å²) in [5.41, 5.74) is 1.71. The summed E-state index contributed by atoms with van der Waals surface area (Å²) in [5.74, 6) is 0.938. The van der Waals surface area contributed by atoms with Gasteiger partial charge < -0.3 is 14.8 Å². The van der Waals surface area contributed by atoms with Crippen molar-refractivity contribution in [1.82, 2.24) is 0 Å². The fraction of sp³-hybridized carbons (Fsp3) is 0.0741. The number of hydrogen-bond acceptors (Lipinski definition) is 5. The van der Waals surface area contributed by atoms with E-state index >= 15 is 0 Å². The Hall–Kier alpha value is -4.01. The van der Waals surface area contributed by atoms with E-state index in [1.807, 2.05) is 37.3 Å². The molecule has 0 aliphatic carbocycles. The Morgan fingerprint density at radius 2 is 1.53 bits per heavy atom. The number of amides is 1. The Kier molecular flexibility index (Phi) is 7.77. The Labute approximate surface area is 214 Å². The summed E-state index contributed by atoms with van der Waals surface area (Å²) in [7, 11) is -3.77. The lowest BCUT2D eigenvalue weighted by Crippen LogP contribution is -2.20. The van der Waals surface area contributed by atoms with Gasteiger partial charge in [-0.05, 0) is 73.2 Å². The van der Waals surface area contributed by atoms with Crippen LogP contribution in [0.3, 0.4) is 0 Å². The van der Waals surface area contributed by atoms with Crippen LogP contribution < -0.4 is 19.5 Å². The van der Waals surface area contributed by atoms with Crippen LogP contribution >= 0.6 is 11.6 Å². The van der Waals surface area contributed by atoms with E-state index in [2.05, 4.69) is 10.0 Å². The highest BCUT2D eigenvalue weighted by Gasteiger charge is 2.16. The van der Waals surface area contributed by atoms with Crippen LogP contribution in [0.4, 0.5) is 11.4 Å². The van der Waals surface area contributed by atoms with Crippen molar-refractivity contribution >= 4 is 38.9 Å². The minimum absolute atomic E-state index is 0.0733. The predicted molar refractivity (Wildman–Crippen MR) is 141 cm³/mol. The highest BCUT2D eigenvalue weighted by Crippen LogP contribution is 2.32. The lowest BCUT2D eigenvalue weighted by molar-refractivity contribution is -0.118. The molecule has 0 atom stereocenters. The van der Waals surface area contributed by atoms with Crippen LogP contribution in [0.5, 0.6) is 17.2 Å². The van der Waals surface area contributed by atoms with Crippen molar-refractivity contribution in [3.8, 4) is 17.2 Å². The van der Waals surface area contributed by atoms with E-state index in [0.717, 1.165) is 5.56 Å². The summed E-state index contributed by atoms with van der Waals surface area (Å²) in [6.45, 7) is 1.52. The Morgan fingerprint density at radius 3 is 2.25 bits per heavy atom. The van der Waals surface area contributed by atoms with Crippen LogP contribution in [-0.4, -0.2) is 20.9 Å². The maximum Gasteiger partial charge on any atom is 0.262 e. The normalized spacial score (nSPS) is 10.9. The first-order valence-corrected chi connectivity index (χ1v) is 12.8. The number of halogens is 1. The number of rotatable bonds is 9. The number of sulfonamides is 1. The molecule has 0 bridgehead atoms. The molecule has 0 fully saturated rings. The van der Waals surface area contributed by atoms with Gasteiger partial charge in [0.25, 0.3) is 15.9 Å². The molecule has 4 aromatic rings. The van der Waals surface area contributed by atoms with E-state index in [0.29, 0.717) is 33.6 Å². The van der Waals surface area contributed by atoms with Gasteiger partial charge in [-0.25, -0.2) is 8.42 Å². The third kappa shape index (κ3) is 6.56. The zero-order valence-corrected chi connectivity index (χ0v) is 20.8. The molecule has 1 amide bonds. The largest absolute Gasteiger partial charge is 0.484 e. The number of aryl methyl sites for hydroxylation is 1. The van der Waals surface area contributed by atoms with Crippen molar-refractivity contribution in [3.05, 3.63) is 108 Å². The van der Waals surface area contributed by atoms with E-state index in [9.17, 15) is 13.2 Å². The molecule has 7 nitrogen and oxygen atoms in total. The maximum absolute atomic E-state index is 12.7. The highest BCUT2D eigenvalue weighted by molar-refractivity contribution is 7.92. The van der Waals surface area contributed by atoms with Crippen LogP contribution in [0.15, 0.2) is 102 Å². The van der Waals surface area contributed by atoms with Crippen molar-refractivity contribution < 1.29 is 22.7 Å². The molecule has 4 rings (SSSR count). The number of benzene rings is 4. The molecule has 36 heavy (non-hydrogen) atoms. The molecular weight excluding hydrogens is 500 g/mol. The molecule has 4 aromatic carbocycles. The van der Waals surface area contributed by atoms with E-state index in [1.165, 1.54) is 24.3 Å². The fourth-order valence-electron chi connectivity index (χ4n) is 3.25. The molecule has 2 N–H and O–H groups in total. The van der Waals surface area contributed by atoms with Crippen LogP contribution in [0, 0.1) is 6.92 Å². The van der Waals surface area contributed by atoms with Crippen LogP contribution in [-0.2, 0) is 14.8 Å². The first-order chi connectivity index (χ1) is 17.3. The maximum atomic E-state index is 12.7. The molecule has 184 valence electrons. The number of ether oxygens (including phenoxy) is 2. The average Bonchev–Trinajstić information content (AvgIpc) is 2.87. The molecule has 0 radical (unpaired) electrons. The Balaban J connectivity index is 1.37. The van der Waals surface area contributed by atoms with Gasteiger partial charge in [0.2, 0.25) is 0 Å². The molecule has 0 heterocycles. The molecule has 0 saturated heterocycles. The minimum atomic E-state index is -3.77. The average molecular weight is 523 g/mol. The van der Waals surface area contributed by atoms with Gasteiger partial charge in [0.15, 0.2) is 12.4 Å². The van der Waals surface area contributed by atoms with Crippen molar-refractivity contribution in [2.24, 2.45) is 0 Å². The van der Waals surface area contributed by atoms with Crippen molar-refractivity contribution in [1.29, 1.82) is 0 Å². The van der Waals surface area contributed by atoms with Crippen LogP contribution in [0.1, 0.15) is 5.56 Å². The Bertz CT molecular complexity index is 1460.